The van der Waals surface area contributed by atoms with Crippen LogP contribution in [0.25, 0.3) is 0 Å². The topological polar surface area (TPSA) is 29.5 Å². The molecule has 13 heavy (non-hydrogen) atoms. The van der Waals surface area contributed by atoms with Gasteiger partial charge in [-0.3, -0.25) is 0 Å². The second kappa shape index (κ2) is 2.79. The third-order valence-corrected chi connectivity index (χ3v) is 2.30. The maximum absolute atomic E-state index is 13.3. The summed E-state index contributed by atoms with van der Waals surface area (Å²) in [5, 5.41) is 9.82. The Balaban J connectivity index is 2.43. The largest absolute Gasteiger partial charge is 0.380 e. The van der Waals surface area contributed by atoms with Gasteiger partial charge in [0.05, 0.1) is 13.2 Å². The zero-order valence-electron chi connectivity index (χ0n) is 7.38. The van der Waals surface area contributed by atoms with Gasteiger partial charge >= 0.3 is 0 Å². The van der Waals surface area contributed by atoms with E-state index in [1.807, 2.05) is 6.92 Å². The predicted molar refractivity (Wildman–Crippen MR) is 45.9 cm³/mol. The Kier molecular flexibility index (Phi) is 1.86. The first-order valence-corrected chi connectivity index (χ1v) is 4.19. The predicted octanol–water partition coefficient (Wildman–Crippen LogP) is 1.35. The van der Waals surface area contributed by atoms with Crippen molar-refractivity contribution in [3.63, 3.8) is 0 Å². The standard InChI is InChI=1S/C10H11FO2/c1-7-2-3-9(11)8(4-7)10(12)5-13-6-10/h2-4,12H,5-6H2,1H3. The number of aryl methyl sites for hydroxylation is 1. The summed E-state index contributed by atoms with van der Waals surface area (Å²) in [5.41, 5.74) is 0.186. The van der Waals surface area contributed by atoms with Crippen molar-refractivity contribution >= 4 is 0 Å². The van der Waals surface area contributed by atoms with Crippen LogP contribution in [0.1, 0.15) is 11.1 Å². The maximum Gasteiger partial charge on any atom is 0.139 e. The lowest BCUT2D eigenvalue weighted by atomic mass is 9.90. The van der Waals surface area contributed by atoms with Crippen LogP contribution in [-0.2, 0) is 10.3 Å². The normalized spacial score (nSPS) is 19.6. The van der Waals surface area contributed by atoms with Gasteiger partial charge in [-0.2, -0.15) is 0 Å². The summed E-state index contributed by atoms with van der Waals surface area (Å²) in [7, 11) is 0. The van der Waals surface area contributed by atoms with Gasteiger partial charge in [0.25, 0.3) is 0 Å². The molecular weight excluding hydrogens is 171 g/mol. The van der Waals surface area contributed by atoms with Gasteiger partial charge in [-0.25, -0.2) is 4.39 Å². The molecule has 3 heteroatoms. The van der Waals surface area contributed by atoms with E-state index in [0.717, 1.165) is 5.56 Å². The first-order chi connectivity index (χ1) is 6.12. The molecule has 0 unspecified atom stereocenters. The van der Waals surface area contributed by atoms with Crippen molar-refractivity contribution in [2.24, 2.45) is 0 Å². The number of aliphatic hydroxyl groups is 1. The van der Waals surface area contributed by atoms with Gasteiger partial charge in [0.1, 0.15) is 11.4 Å². The molecule has 2 nitrogen and oxygen atoms in total. The minimum atomic E-state index is -1.10. The van der Waals surface area contributed by atoms with E-state index in [1.165, 1.54) is 6.07 Å². The molecule has 1 saturated heterocycles. The van der Waals surface area contributed by atoms with E-state index < -0.39 is 5.60 Å². The Morgan fingerprint density at radius 3 is 2.69 bits per heavy atom. The highest BCUT2D eigenvalue weighted by Gasteiger charge is 2.40. The highest BCUT2D eigenvalue weighted by atomic mass is 19.1. The molecule has 1 aliphatic heterocycles. The molecule has 70 valence electrons. The van der Waals surface area contributed by atoms with E-state index in [-0.39, 0.29) is 19.0 Å². The minimum absolute atomic E-state index is 0.188. The first kappa shape index (κ1) is 8.66. The molecule has 0 bridgehead atoms. The van der Waals surface area contributed by atoms with E-state index >= 15 is 0 Å². The second-order valence-corrected chi connectivity index (χ2v) is 3.51. The van der Waals surface area contributed by atoms with Crippen molar-refractivity contribution in [1.29, 1.82) is 0 Å². The number of halogens is 1. The molecule has 0 aliphatic carbocycles. The third kappa shape index (κ3) is 1.34. The average Bonchev–Trinajstić information content (AvgIpc) is 2.05. The zero-order valence-corrected chi connectivity index (χ0v) is 7.38. The molecule has 0 aromatic heterocycles. The van der Waals surface area contributed by atoms with Crippen LogP contribution < -0.4 is 0 Å². The molecule has 1 aromatic rings. The van der Waals surface area contributed by atoms with Crippen LogP contribution >= 0.6 is 0 Å². The molecule has 1 aliphatic rings. The van der Waals surface area contributed by atoms with Gasteiger partial charge in [-0.15, -0.1) is 0 Å². The second-order valence-electron chi connectivity index (χ2n) is 3.51. The molecule has 2 rings (SSSR count). The summed E-state index contributed by atoms with van der Waals surface area (Å²) in [6.45, 7) is 2.24. The van der Waals surface area contributed by atoms with Gasteiger partial charge in [-0.05, 0) is 13.0 Å². The Labute approximate surface area is 76.0 Å². The maximum atomic E-state index is 13.3. The third-order valence-electron chi connectivity index (χ3n) is 2.30. The highest BCUT2D eigenvalue weighted by molar-refractivity contribution is 5.30. The molecule has 1 fully saturated rings. The SMILES string of the molecule is Cc1ccc(F)c(C2(O)COC2)c1. The Bertz CT molecular complexity index is 332. The number of ether oxygens (including phenoxy) is 1. The summed E-state index contributed by atoms with van der Waals surface area (Å²) in [5.74, 6) is -0.364. The minimum Gasteiger partial charge on any atom is -0.380 e. The molecule has 1 heterocycles. The van der Waals surface area contributed by atoms with Crippen molar-refractivity contribution in [3.05, 3.63) is 35.1 Å². The first-order valence-electron chi connectivity index (χ1n) is 4.19. The zero-order chi connectivity index (χ0) is 9.47. The van der Waals surface area contributed by atoms with Crippen molar-refractivity contribution in [3.8, 4) is 0 Å². The molecule has 0 radical (unpaired) electrons. The van der Waals surface area contributed by atoms with Crippen molar-refractivity contribution in [1.82, 2.24) is 0 Å². The molecular formula is C10H11FO2. The average molecular weight is 182 g/mol. The molecule has 0 saturated carbocycles. The molecule has 0 atom stereocenters. The Hall–Kier alpha value is -0.930. The van der Waals surface area contributed by atoms with Crippen molar-refractivity contribution in [2.45, 2.75) is 12.5 Å². The fourth-order valence-electron chi connectivity index (χ4n) is 1.45. The molecule has 0 spiro atoms. The van der Waals surface area contributed by atoms with Crippen LogP contribution in [-0.4, -0.2) is 18.3 Å². The van der Waals surface area contributed by atoms with Crippen LogP contribution in [0.4, 0.5) is 4.39 Å². The summed E-state index contributed by atoms with van der Waals surface area (Å²) in [6.07, 6.45) is 0. The molecule has 0 amide bonds. The van der Waals surface area contributed by atoms with Gasteiger partial charge in [0.15, 0.2) is 0 Å². The fourth-order valence-corrected chi connectivity index (χ4v) is 1.45. The Morgan fingerprint density at radius 1 is 1.46 bits per heavy atom. The summed E-state index contributed by atoms with van der Waals surface area (Å²) in [4.78, 5) is 0. The van der Waals surface area contributed by atoms with Crippen molar-refractivity contribution < 1.29 is 14.2 Å². The fraction of sp³-hybridized carbons (Fsp3) is 0.400. The van der Waals surface area contributed by atoms with Gasteiger partial charge in [0, 0.05) is 5.56 Å². The quantitative estimate of drug-likeness (QED) is 0.710. The lowest BCUT2D eigenvalue weighted by Gasteiger charge is -2.37. The Morgan fingerprint density at radius 2 is 2.15 bits per heavy atom. The van der Waals surface area contributed by atoms with Crippen LogP contribution in [0.15, 0.2) is 18.2 Å². The highest BCUT2D eigenvalue weighted by Crippen LogP contribution is 2.31. The lowest BCUT2D eigenvalue weighted by molar-refractivity contribution is -0.186. The van der Waals surface area contributed by atoms with E-state index in [9.17, 15) is 9.50 Å². The van der Waals surface area contributed by atoms with E-state index in [4.69, 9.17) is 4.74 Å². The number of benzene rings is 1. The number of hydrogen-bond acceptors (Lipinski definition) is 2. The van der Waals surface area contributed by atoms with Crippen LogP contribution in [0, 0.1) is 12.7 Å². The molecule has 1 N–H and O–H groups in total. The van der Waals surface area contributed by atoms with Crippen LogP contribution in [0.2, 0.25) is 0 Å². The summed E-state index contributed by atoms with van der Waals surface area (Å²) >= 11 is 0. The van der Waals surface area contributed by atoms with Gasteiger partial charge in [0.2, 0.25) is 0 Å². The van der Waals surface area contributed by atoms with Crippen LogP contribution in [0.3, 0.4) is 0 Å². The monoisotopic (exact) mass is 182 g/mol. The molecule has 1 aromatic carbocycles. The van der Waals surface area contributed by atoms with E-state index in [0.29, 0.717) is 5.56 Å². The van der Waals surface area contributed by atoms with Gasteiger partial charge in [-0.1, -0.05) is 17.7 Å². The smallest absolute Gasteiger partial charge is 0.139 e. The number of rotatable bonds is 1. The van der Waals surface area contributed by atoms with E-state index in [2.05, 4.69) is 0 Å². The number of hydrogen-bond donors (Lipinski definition) is 1. The van der Waals surface area contributed by atoms with Gasteiger partial charge < -0.3 is 9.84 Å². The van der Waals surface area contributed by atoms with Crippen LogP contribution in [0.5, 0.6) is 0 Å². The summed E-state index contributed by atoms with van der Waals surface area (Å²) < 4.78 is 18.1. The lowest BCUT2D eigenvalue weighted by Crippen LogP contribution is -2.47. The summed E-state index contributed by atoms with van der Waals surface area (Å²) in [6, 6.07) is 4.72. The van der Waals surface area contributed by atoms with Crippen molar-refractivity contribution in [2.75, 3.05) is 13.2 Å². The van der Waals surface area contributed by atoms with E-state index in [1.54, 1.807) is 12.1 Å².